The molecule has 0 spiro atoms. The maximum atomic E-state index is 12.6. The number of amides is 3. The predicted molar refractivity (Wildman–Crippen MR) is 108 cm³/mol. The van der Waals surface area contributed by atoms with Crippen LogP contribution in [0.1, 0.15) is 21.9 Å². The molecule has 0 unspecified atom stereocenters. The second kappa shape index (κ2) is 8.87. The highest BCUT2D eigenvalue weighted by atomic mass is 32.2. The molecule has 0 aliphatic carbocycles. The van der Waals surface area contributed by atoms with E-state index in [2.05, 4.69) is 5.32 Å². The summed E-state index contributed by atoms with van der Waals surface area (Å²) in [5, 5.41) is 2.25. The van der Waals surface area contributed by atoms with Crippen molar-refractivity contribution in [3.05, 3.63) is 52.3 Å². The highest BCUT2D eigenvalue weighted by Crippen LogP contribution is 2.34. The van der Waals surface area contributed by atoms with E-state index >= 15 is 0 Å². The number of nitrogens with one attached hydrogen (secondary N) is 1. The van der Waals surface area contributed by atoms with Crippen LogP contribution >= 0.6 is 11.8 Å². The van der Waals surface area contributed by atoms with Crippen molar-refractivity contribution in [1.82, 2.24) is 10.2 Å². The lowest BCUT2D eigenvalue weighted by atomic mass is 10.2. The number of nitrogens with zero attached hydrogens (tertiary/aromatic N) is 1. The Morgan fingerprint density at radius 2 is 1.93 bits per heavy atom. The number of thioether (sulfide) groups is 1. The summed E-state index contributed by atoms with van der Waals surface area (Å²) in [7, 11) is 3.06. The van der Waals surface area contributed by atoms with Gasteiger partial charge < -0.3 is 19.2 Å². The van der Waals surface area contributed by atoms with Gasteiger partial charge in [0.1, 0.15) is 5.76 Å². The van der Waals surface area contributed by atoms with Crippen molar-refractivity contribution >= 4 is 34.9 Å². The maximum Gasteiger partial charge on any atom is 0.293 e. The first-order valence-corrected chi connectivity index (χ1v) is 9.56. The van der Waals surface area contributed by atoms with E-state index in [1.54, 1.807) is 43.3 Å². The summed E-state index contributed by atoms with van der Waals surface area (Å²) in [6.07, 6.45) is 1.62. The van der Waals surface area contributed by atoms with E-state index in [9.17, 15) is 14.4 Å². The van der Waals surface area contributed by atoms with Crippen LogP contribution in [0.5, 0.6) is 11.5 Å². The van der Waals surface area contributed by atoms with Crippen molar-refractivity contribution in [3.63, 3.8) is 0 Å². The minimum Gasteiger partial charge on any atom is -0.493 e. The van der Waals surface area contributed by atoms with Gasteiger partial charge in [0.15, 0.2) is 17.3 Å². The van der Waals surface area contributed by atoms with E-state index in [1.165, 1.54) is 14.2 Å². The number of aryl methyl sites for hydroxylation is 1. The van der Waals surface area contributed by atoms with E-state index in [0.717, 1.165) is 16.7 Å². The third-order valence-electron chi connectivity index (χ3n) is 4.16. The molecule has 29 heavy (non-hydrogen) atoms. The fourth-order valence-electron chi connectivity index (χ4n) is 2.71. The number of ether oxygens (including phenoxy) is 2. The zero-order valence-electron chi connectivity index (χ0n) is 16.2. The molecular weight excluding hydrogens is 396 g/mol. The van der Waals surface area contributed by atoms with Gasteiger partial charge in [-0.3, -0.25) is 19.3 Å². The van der Waals surface area contributed by atoms with Crippen LogP contribution in [-0.2, 0) is 4.79 Å². The summed E-state index contributed by atoms with van der Waals surface area (Å²) >= 11 is 0.854. The van der Waals surface area contributed by atoms with Crippen molar-refractivity contribution in [1.29, 1.82) is 0 Å². The molecule has 0 atom stereocenters. The number of furan rings is 1. The van der Waals surface area contributed by atoms with Crippen LogP contribution in [0.15, 0.2) is 39.7 Å². The number of rotatable bonds is 7. The number of imide groups is 1. The zero-order chi connectivity index (χ0) is 21.0. The molecule has 1 aliphatic rings. The largest absolute Gasteiger partial charge is 0.493 e. The molecule has 1 aromatic carbocycles. The highest BCUT2D eigenvalue weighted by Gasteiger charge is 2.34. The molecule has 0 saturated carbocycles. The Bertz CT molecular complexity index is 981. The van der Waals surface area contributed by atoms with Gasteiger partial charge in [0.2, 0.25) is 0 Å². The van der Waals surface area contributed by atoms with Crippen molar-refractivity contribution in [2.45, 2.75) is 6.92 Å². The molecule has 1 aromatic heterocycles. The molecule has 1 N–H and O–H groups in total. The summed E-state index contributed by atoms with van der Waals surface area (Å²) in [5.74, 6) is 1.10. The Hall–Kier alpha value is -3.20. The molecule has 2 aromatic rings. The smallest absolute Gasteiger partial charge is 0.293 e. The van der Waals surface area contributed by atoms with Crippen LogP contribution in [-0.4, -0.2) is 49.3 Å². The number of hydrogen-bond acceptors (Lipinski definition) is 7. The molecule has 1 aliphatic heterocycles. The summed E-state index contributed by atoms with van der Waals surface area (Å²) in [5.41, 5.74) is 0.703. The molecule has 9 heteroatoms. The minimum absolute atomic E-state index is 0.0688. The van der Waals surface area contributed by atoms with Crippen LogP contribution in [0.3, 0.4) is 0 Å². The first-order chi connectivity index (χ1) is 13.9. The number of benzene rings is 1. The highest BCUT2D eigenvalue weighted by molar-refractivity contribution is 8.18. The monoisotopic (exact) mass is 416 g/mol. The molecule has 152 valence electrons. The summed E-state index contributed by atoms with van der Waals surface area (Å²) < 4.78 is 15.7. The molecule has 2 heterocycles. The molecule has 0 radical (unpaired) electrons. The standard InChI is InChI=1S/C20H20N2O6S/c1-12-4-6-15(28-12)18(23)21-8-9-22-19(24)17(29-20(22)25)11-13-5-7-14(26-2)16(10-13)27-3/h4-7,10-11H,8-9H2,1-3H3,(H,21,23)/b17-11+. The Morgan fingerprint density at radius 1 is 1.17 bits per heavy atom. The van der Waals surface area contributed by atoms with Crippen molar-refractivity contribution in [2.75, 3.05) is 27.3 Å². The quantitative estimate of drug-likeness (QED) is 0.693. The molecule has 8 nitrogen and oxygen atoms in total. The first kappa shape index (κ1) is 20.5. The fourth-order valence-corrected chi connectivity index (χ4v) is 3.58. The summed E-state index contributed by atoms with van der Waals surface area (Å²) in [4.78, 5) is 38.2. The average molecular weight is 416 g/mol. The Kier molecular flexibility index (Phi) is 6.28. The van der Waals surface area contributed by atoms with Crippen LogP contribution in [0.4, 0.5) is 4.79 Å². The topological polar surface area (TPSA) is 98.1 Å². The number of methoxy groups -OCH3 is 2. The fraction of sp³-hybridized carbons (Fsp3) is 0.250. The van der Waals surface area contributed by atoms with Gasteiger partial charge in [0.05, 0.1) is 19.1 Å². The summed E-state index contributed by atoms with van der Waals surface area (Å²) in [6, 6.07) is 8.46. The van der Waals surface area contributed by atoms with Gasteiger partial charge >= 0.3 is 0 Å². The van der Waals surface area contributed by atoms with Crippen LogP contribution in [0, 0.1) is 6.92 Å². The second-order valence-electron chi connectivity index (χ2n) is 6.11. The normalized spacial score (nSPS) is 15.1. The number of carbonyl (C=O) groups is 3. The average Bonchev–Trinajstić information content (AvgIpc) is 3.26. The second-order valence-corrected chi connectivity index (χ2v) is 7.11. The van der Waals surface area contributed by atoms with E-state index in [-0.39, 0.29) is 24.1 Å². The molecule has 3 rings (SSSR count). The molecule has 3 amide bonds. The van der Waals surface area contributed by atoms with E-state index in [1.807, 2.05) is 0 Å². The van der Waals surface area contributed by atoms with Crippen molar-refractivity contribution in [3.8, 4) is 11.5 Å². The van der Waals surface area contributed by atoms with Gasteiger partial charge in [-0.25, -0.2) is 0 Å². The van der Waals surface area contributed by atoms with Gasteiger partial charge in [0.25, 0.3) is 17.1 Å². The van der Waals surface area contributed by atoms with Crippen molar-refractivity contribution in [2.24, 2.45) is 0 Å². The van der Waals surface area contributed by atoms with Crippen molar-refractivity contribution < 1.29 is 28.3 Å². The predicted octanol–water partition coefficient (Wildman–Crippen LogP) is 3.07. The van der Waals surface area contributed by atoms with Crippen LogP contribution < -0.4 is 14.8 Å². The zero-order valence-corrected chi connectivity index (χ0v) is 17.0. The molecular formula is C20H20N2O6S. The van der Waals surface area contributed by atoms with Crippen LogP contribution in [0.25, 0.3) is 6.08 Å². The maximum absolute atomic E-state index is 12.6. The van der Waals surface area contributed by atoms with Gasteiger partial charge in [-0.1, -0.05) is 6.07 Å². The van der Waals surface area contributed by atoms with Gasteiger partial charge in [-0.05, 0) is 54.6 Å². The van der Waals surface area contributed by atoms with E-state index in [4.69, 9.17) is 13.9 Å². The first-order valence-electron chi connectivity index (χ1n) is 8.75. The van der Waals surface area contributed by atoms with Gasteiger partial charge in [-0.2, -0.15) is 0 Å². The van der Waals surface area contributed by atoms with Gasteiger partial charge in [-0.15, -0.1) is 0 Å². The van der Waals surface area contributed by atoms with Gasteiger partial charge in [0, 0.05) is 13.1 Å². The lowest BCUT2D eigenvalue weighted by molar-refractivity contribution is -0.122. The molecule has 0 bridgehead atoms. The Balaban J connectivity index is 1.63. The molecule has 1 saturated heterocycles. The third kappa shape index (κ3) is 4.62. The lowest BCUT2D eigenvalue weighted by Gasteiger charge is -2.12. The minimum atomic E-state index is -0.405. The summed E-state index contributed by atoms with van der Waals surface area (Å²) in [6.45, 7) is 1.93. The third-order valence-corrected chi connectivity index (χ3v) is 5.07. The lowest BCUT2D eigenvalue weighted by Crippen LogP contribution is -2.37. The number of hydrogen-bond donors (Lipinski definition) is 1. The Morgan fingerprint density at radius 3 is 2.59 bits per heavy atom. The molecule has 1 fully saturated rings. The number of carbonyl (C=O) groups excluding carboxylic acids is 3. The van der Waals surface area contributed by atoms with E-state index in [0.29, 0.717) is 27.7 Å². The SMILES string of the molecule is COc1ccc(/C=C2/SC(=O)N(CCNC(=O)c3ccc(C)o3)C2=O)cc1OC. The van der Waals surface area contributed by atoms with E-state index < -0.39 is 11.8 Å². The van der Waals surface area contributed by atoms with Crippen LogP contribution in [0.2, 0.25) is 0 Å². The Labute approximate surface area is 171 Å².